The van der Waals surface area contributed by atoms with Crippen LogP contribution in [0.2, 0.25) is 0 Å². The van der Waals surface area contributed by atoms with Crippen molar-refractivity contribution in [1.82, 2.24) is 14.9 Å². The topological polar surface area (TPSA) is 78.5 Å². The van der Waals surface area contributed by atoms with Gasteiger partial charge in [0.05, 0.1) is 10.5 Å². The molecule has 1 aromatic carbocycles. The van der Waals surface area contributed by atoms with E-state index >= 15 is 0 Å². The average molecular weight is 444 g/mol. The fourth-order valence-corrected chi connectivity index (χ4v) is 4.92. The number of amides is 1. The Morgan fingerprint density at radius 2 is 2.00 bits per heavy atom. The minimum absolute atomic E-state index is 0.0346. The number of nitrogens with one attached hydrogen (secondary N) is 2. The number of halogens is 1. The van der Waals surface area contributed by atoms with Crippen molar-refractivity contribution in [3.8, 4) is 0 Å². The van der Waals surface area contributed by atoms with Crippen LogP contribution in [0.3, 0.4) is 0 Å². The number of sulfonamides is 1. The smallest absolute Gasteiger partial charge is 0.252 e. The lowest BCUT2D eigenvalue weighted by atomic mass is 10.1. The first kappa shape index (κ1) is 19.8. The molecule has 2 aliphatic rings. The molecule has 1 atom stereocenters. The summed E-state index contributed by atoms with van der Waals surface area (Å²) < 4.78 is 28.0. The maximum absolute atomic E-state index is 12.6. The number of rotatable bonds is 8. The zero-order valence-corrected chi connectivity index (χ0v) is 17.4. The summed E-state index contributed by atoms with van der Waals surface area (Å²) in [6, 6.07) is 4.60. The molecule has 0 bridgehead atoms. The number of hydrogen-bond acceptors (Lipinski definition) is 4. The van der Waals surface area contributed by atoms with E-state index in [9.17, 15) is 13.2 Å². The van der Waals surface area contributed by atoms with Gasteiger partial charge >= 0.3 is 0 Å². The molecular formula is C18H26BrN3O3S. The van der Waals surface area contributed by atoms with E-state index in [0.29, 0.717) is 22.5 Å². The van der Waals surface area contributed by atoms with E-state index in [2.05, 4.69) is 37.8 Å². The van der Waals surface area contributed by atoms with Gasteiger partial charge in [-0.2, -0.15) is 0 Å². The van der Waals surface area contributed by atoms with Crippen LogP contribution in [0.25, 0.3) is 0 Å². The molecule has 0 radical (unpaired) electrons. The van der Waals surface area contributed by atoms with Gasteiger partial charge in [-0.05, 0) is 78.8 Å². The molecule has 144 valence electrons. The van der Waals surface area contributed by atoms with Crippen LogP contribution in [0.1, 0.15) is 43.0 Å². The van der Waals surface area contributed by atoms with Gasteiger partial charge in [0.2, 0.25) is 10.0 Å². The number of carbonyl (C=O) groups excluding carboxylic acids is 1. The maximum atomic E-state index is 12.6. The van der Waals surface area contributed by atoms with Gasteiger partial charge in [-0.1, -0.05) is 6.92 Å². The van der Waals surface area contributed by atoms with E-state index in [1.165, 1.54) is 25.0 Å². The number of hydrogen-bond donors (Lipinski definition) is 2. The molecule has 1 aromatic rings. The first-order chi connectivity index (χ1) is 12.3. The van der Waals surface area contributed by atoms with E-state index in [-0.39, 0.29) is 16.8 Å². The third-order valence-electron chi connectivity index (χ3n) is 4.77. The van der Waals surface area contributed by atoms with Gasteiger partial charge in [0, 0.05) is 23.6 Å². The molecule has 1 aliphatic heterocycles. The fraction of sp³-hybridized carbons (Fsp3) is 0.611. The van der Waals surface area contributed by atoms with Crippen LogP contribution in [0.15, 0.2) is 27.6 Å². The van der Waals surface area contributed by atoms with Gasteiger partial charge in [-0.25, -0.2) is 13.1 Å². The highest BCUT2D eigenvalue weighted by atomic mass is 79.9. The molecule has 1 saturated heterocycles. The second kappa shape index (κ2) is 8.37. The average Bonchev–Trinajstić information content (AvgIpc) is 3.24. The Balaban J connectivity index is 1.61. The molecule has 1 saturated carbocycles. The minimum atomic E-state index is -3.57. The minimum Gasteiger partial charge on any atom is -0.352 e. The highest BCUT2D eigenvalue weighted by Gasteiger charge is 2.28. The van der Waals surface area contributed by atoms with Gasteiger partial charge in [0.1, 0.15) is 0 Å². The van der Waals surface area contributed by atoms with E-state index < -0.39 is 10.0 Å². The summed E-state index contributed by atoms with van der Waals surface area (Å²) in [4.78, 5) is 15.1. The molecule has 8 heteroatoms. The molecule has 0 spiro atoms. The Hall–Kier alpha value is -0.960. The Labute approximate surface area is 163 Å². The first-order valence-electron chi connectivity index (χ1n) is 9.17. The second-order valence-corrected chi connectivity index (χ2v) is 9.93. The standard InChI is InChI=1S/C18H26BrN3O3S/c1-13(12-22-8-2-3-9-22)11-20-18(23)16-10-15(6-7-17(16)19)26(24,25)21-14-4-5-14/h6-7,10,13-14,21H,2-5,8-9,11-12H2,1H3,(H,20,23). The summed E-state index contributed by atoms with van der Waals surface area (Å²) in [6.07, 6.45) is 4.25. The number of likely N-dealkylation sites (tertiary alicyclic amines) is 1. The molecule has 1 aliphatic carbocycles. The summed E-state index contributed by atoms with van der Waals surface area (Å²) in [5.41, 5.74) is 0.344. The van der Waals surface area contributed by atoms with Crippen molar-refractivity contribution in [2.45, 2.75) is 43.5 Å². The molecule has 1 amide bonds. The van der Waals surface area contributed by atoms with E-state index in [4.69, 9.17) is 0 Å². The third kappa shape index (κ3) is 5.28. The number of benzene rings is 1. The van der Waals surface area contributed by atoms with Gasteiger partial charge in [-0.3, -0.25) is 4.79 Å². The quantitative estimate of drug-likeness (QED) is 0.646. The van der Waals surface area contributed by atoms with Gasteiger partial charge in [-0.15, -0.1) is 0 Å². The van der Waals surface area contributed by atoms with Crippen molar-refractivity contribution in [1.29, 1.82) is 0 Å². The third-order valence-corrected chi connectivity index (χ3v) is 6.98. The van der Waals surface area contributed by atoms with Crippen molar-refractivity contribution in [2.24, 2.45) is 5.92 Å². The summed E-state index contributed by atoms with van der Waals surface area (Å²) in [5, 5.41) is 2.93. The molecule has 2 N–H and O–H groups in total. The molecule has 26 heavy (non-hydrogen) atoms. The predicted octanol–water partition coefficient (Wildman–Crippen LogP) is 2.35. The van der Waals surface area contributed by atoms with Crippen molar-refractivity contribution >= 4 is 31.9 Å². The highest BCUT2D eigenvalue weighted by Crippen LogP contribution is 2.25. The first-order valence-corrected chi connectivity index (χ1v) is 11.5. The van der Waals surface area contributed by atoms with Crippen LogP contribution in [-0.2, 0) is 10.0 Å². The van der Waals surface area contributed by atoms with Crippen LogP contribution in [-0.4, -0.2) is 51.4 Å². The predicted molar refractivity (Wildman–Crippen MR) is 105 cm³/mol. The lowest BCUT2D eigenvalue weighted by Crippen LogP contribution is -2.34. The van der Waals surface area contributed by atoms with Crippen LogP contribution in [0.5, 0.6) is 0 Å². The molecule has 0 aromatic heterocycles. The highest BCUT2D eigenvalue weighted by molar-refractivity contribution is 9.10. The van der Waals surface area contributed by atoms with Crippen LogP contribution in [0.4, 0.5) is 0 Å². The van der Waals surface area contributed by atoms with E-state index in [1.807, 2.05) is 0 Å². The molecule has 6 nitrogen and oxygen atoms in total. The Bertz CT molecular complexity index is 759. The molecule has 1 unspecified atom stereocenters. The van der Waals surface area contributed by atoms with Crippen molar-refractivity contribution < 1.29 is 13.2 Å². The normalized spacial score (nSPS) is 19.5. The second-order valence-electron chi connectivity index (χ2n) is 7.36. The summed E-state index contributed by atoms with van der Waals surface area (Å²) >= 11 is 3.35. The van der Waals surface area contributed by atoms with Crippen LogP contribution < -0.4 is 10.0 Å². The lowest BCUT2D eigenvalue weighted by molar-refractivity contribution is 0.0944. The molecule has 3 rings (SSSR count). The van der Waals surface area contributed by atoms with Crippen LogP contribution >= 0.6 is 15.9 Å². The Kier molecular flexibility index (Phi) is 6.37. The number of carbonyl (C=O) groups is 1. The molecule has 2 fully saturated rings. The summed E-state index contributed by atoms with van der Waals surface area (Å²) in [5.74, 6) is 0.0906. The molecule has 1 heterocycles. The maximum Gasteiger partial charge on any atom is 0.252 e. The number of nitrogens with zero attached hydrogens (tertiary/aromatic N) is 1. The Morgan fingerprint density at radius 1 is 1.31 bits per heavy atom. The Morgan fingerprint density at radius 3 is 2.65 bits per heavy atom. The van der Waals surface area contributed by atoms with E-state index in [0.717, 1.165) is 32.5 Å². The zero-order chi connectivity index (χ0) is 18.7. The fourth-order valence-electron chi connectivity index (χ4n) is 3.17. The van der Waals surface area contributed by atoms with Crippen LogP contribution in [0, 0.1) is 5.92 Å². The molecular weight excluding hydrogens is 418 g/mol. The van der Waals surface area contributed by atoms with Gasteiger partial charge in [0.25, 0.3) is 5.91 Å². The van der Waals surface area contributed by atoms with Gasteiger partial charge < -0.3 is 10.2 Å². The van der Waals surface area contributed by atoms with E-state index in [1.54, 1.807) is 6.07 Å². The van der Waals surface area contributed by atoms with Crippen molar-refractivity contribution in [2.75, 3.05) is 26.2 Å². The van der Waals surface area contributed by atoms with Crippen molar-refractivity contribution in [3.05, 3.63) is 28.2 Å². The SMILES string of the molecule is CC(CNC(=O)c1cc(S(=O)(=O)NC2CC2)ccc1Br)CN1CCCC1. The van der Waals surface area contributed by atoms with Crippen molar-refractivity contribution in [3.63, 3.8) is 0 Å². The summed E-state index contributed by atoms with van der Waals surface area (Å²) in [7, 11) is -3.57. The largest absolute Gasteiger partial charge is 0.352 e. The monoisotopic (exact) mass is 443 g/mol. The summed E-state index contributed by atoms with van der Waals surface area (Å²) in [6.45, 7) is 5.93. The lowest BCUT2D eigenvalue weighted by Gasteiger charge is -2.20. The van der Waals surface area contributed by atoms with Gasteiger partial charge in [0.15, 0.2) is 0 Å². The zero-order valence-electron chi connectivity index (χ0n) is 15.0.